The number of nitrogens with zero attached hydrogens (tertiary/aromatic N) is 3. The molecule has 0 radical (unpaired) electrons. The van der Waals surface area contributed by atoms with E-state index in [0.29, 0.717) is 17.4 Å². The molecule has 0 aliphatic heterocycles. The van der Waals surface area contributed by atoms with Gasteiger partial charge in [0.15, 0.2) is 11.0 Å². The quantitative estimate of drug-likeness (QED) is 0.830. The first-order chi connectivity index (χ1) is 8.09. The van der Waals surface area contributed by atoms with Gasteiger partial charge in [-0.2, -0.15) is 0 Å². The summed E-state index contributed by atoms with van der Waals surface area (Å²) in [6, 6.07) is 3.79. The highest BCUT2D eigenvalue weighted by molar-refractivity contribution is 6.31. The van der Waals surface area contributed by atoms with Crippen molar-refractivity contribution in [2.75, 3.05) is 5.73 Å². The van der Waals surface area contributed by atoms with Crippen molar-refractivity contribution in [3.63, 3.8) is 0 Å². The van der Waals surface area contributed by atoms with E-state index in [2.05, 4.69) is 28.8 Å². The van der Waals surface area contributed by atoms with Crippen LogP contribution < -0.4 is 5.73 Å². The monoisotopic (exact) mass is 248 g/mol. The molecule has 0 aliphatic carbocycles. The Morgan fingerprint density at radius 3 is 2.71 bits per heavy atom. The van der Waals surface area contributed by atoms with Crippen molar-refractivity contribution in [1.29, 1.82) is 0 Å². The zero-order valence-corrected chi connectivity index (χ0v) is 10.4. The summed E-state index contributed by atoms with van der Waals surface area (Å²) in [6.07, 6.45) is 3.28. The summed E-state index contributed by atoms with van der Waals surface area (Å²) >= 11 is 5.90. The third kappa shape index (κ3) is 2.36. The number of rotatable bonds is 2. The summed E-state index contributed by atoms with van der Waals surface area (Å²) in [4.78, 5) is 12.7. The average molecular weight is 249 g/mol. The fourth-order valence-corrected chi connectivity index (χ4v) is 1.70. The van der Waals surface area contributed by atoms with Crippen molar-refractivity contribution >= 4 is 17.3 Å². The molecule has 0 fully saturated rings. The van der Waals surface area contributed by atoms with Crippen LogP contribution in [0.1, 0.15) is 25.5 Å². The average Bonchev–Trinajstić information content (AvgIpc) is 2.32. The number of anilines is 1. The zero-order chi connectivity index (χ0) is 12.4. The van der Waals surface area contributed by atoms with Gasteiger partial charge in [0.25, 0.3) is 0 Å². The van der Waals surface area contributed by atoms with Crippen LogP contribution >= 0.6 is 11.6 Å². The van der Waals surface area contributed by atoms with Gasteiger partial charge < -0.3 is 5.73 Å². The highest BCUT2D eigenvalue weighted by Gasteiger charge is 2.12. The van der Waals surface area contributed by atoms with E-state index in [-0.39, 0.29) is 5.15 Å². The maximum Gasteiger partial charge on any atom is 0.162 e. The molecule has 0 aliphatic rings. The minimum absolute atomic E-state index is 0.272. The summed E-state index contributed by atoms with van der Waals surface area (Å²) < 4.78 is 0. The Morgan fingerprint density at radius 1 is 1.29 bits per heavy atom. The van der Waals surface area contributed by atoms with E-state index in [1.807, 2.05) is 12.1 Å². The number of hydrogen-bond acceptors (Lipinski definition) is 4. The molecule has 2 heterocycles. The van der Waals surface area contributed by atoms with Crippen LogP contribution in [0.3, 0.4) is 0 Å². The third-order valence-electron chi connectivity index (χ3n) is 2.39. The first-order valence-corrected chi connectivity index (χ1v) is 5.70. The molecule has 2 N–H and O–H groups in total. The van der Waals surface area contributed by atoms with Crippen LogP contribution in [0, 0.1) is 0 Å². The Bertz CT molecular complexity index is 540. The van der Waals surface area contributed by atoms with E-state index in [1.54, 1.807) is 6.20 Å². The molecule has 88 valence electrons. The van der Waals surface area contributed by atoms with E-state index in [1.165, 1.54) is 6.20 Å². The van der Waals surface area contributed by atoms with Gasteiger partial charge in [-0.1, -0.05) is 25.4 Å². The van der Waals surface area contributed by atoms with Crippen molar-refractivity contribution in [2.45, 2.75) is 19.8 Å². The molecule has 0 spiro atoms. The molecular formula is C12H13ClN4. The van der Waals surface area contributed by atoms with Crippen LogP contribution in [0.25, 0.3) is 11.4 Å². The molecule has 0 bridgehead atoms. The summed E-state index contributed by atoms with van der Waals surface area (Å²) in [5, 5.41) is 0.272. The molecule has 0 saturated carbocycles. The fraction of sp³-hybridized carbons (Fsp3) is 0.250. The van der Waals surface area contributed by atoms with E-state index >= 15 is 0 Å². The van der Waals surface area contributed by atoms with Crippen LogP contribution in [0.2, 0.25) is 5.15 Å². The van der Waals surface area contributed by atoms with Gasteiger partial charge in [0, 0.05) is 11.8 Å². The summed E-state index contributed by atoms with van der Waals surface area (Å²) in [5.74, 6) is 0.854. The molecule has 5 heteroatoms. The van der Waals surface area contributed by atoms with Crippen molar-refractivity contribution in [1.82, 2.24) is 15.0 Å². The molecule has 0 unspecified atom stereocenters. The van der Waals surface area contributed by atoms with Gasteiger partial charge in [-0.3, -0.25) is 4.98 Å². The zero-order valence-electron chi connectivity index (χ0n) is 9.68. The lowest BCUT2D eigenvalue weighted by Crippen LogP contribution is -2.00. The van der Waals surface area contributed by atoms with Crippen molar-refractivity contribution in [2.24, 2.45) is 0 Å². The normalized spacial score (nSPS) is 10.8. The second kappa shape index (κ2) is 4.67. The molecule has 17 heavy (non-hydrogen) atoms. The van der Waals surface area contributed by atoms with Crippen LogP contribution in [0.5, 0.6) is 0 Å². The number of hydrogen-bond donors (Lipinski definition) is 1. The van der Waals surface area contributed by atoms with Gasteiger partial charge in [-0.05, 0) is 18.1 Å². The van der Waals surface area contributed by atoms with Gasteiger partial charge in [-0.25, -0.2) is 9.97 Å². The summed E-state index contributed by atoms with van der Waals surface area (Å²) in [5.41, 5.74) is 7.82. The molecule has 0 aromatic carbocycles. The Hall–Kier alpha value is -1.68. The number of aromatic nitrogens is 3. The minimum atomic E-state index is 0.272. The molecular weight excluding hydrogens is 236 g/mol. The third-order valence-corrected chi connectivity index (χ3v) is 2.70. The predicted molar refractivity (Wildman–Crippen MR) is 68.8 cm³/mol. The lowest BCUT2D eigenvalue weighted by molar-refractivity contribution is 0.823. The van der Waals surface area contributed by atoms with E-state index in [4.69, 9.17) is 17.3 Å². The minimum Gasteiger partial charge on any atom is -0.395 e. The number of nitrogens with two attached hydrogens (primary N) is 1. The molecule has 0 atom stereocenters. The Balaban J connectivity index is 2.56. The van der Waals surface area contributed by atoms with E-state index < -0.39 is 0 Å². The molecule has 0 amide bonds. The molecule has 2 aromatic rings. The van der Waals surface area contributed by atoms with Crippen molar-refractivity contribution in [3.8, 4) is 11.4 Å². The lowest BCUT2D eigenvalue weighted by atomic mass is 10.0. The first-order valence-electron chi connectivity index (χ1n) is 5.33. The smallest absolute Gasteiger partial charge is 0.162 e. The van der Waals surface area contributed by atoms with Gasteiger partial charge in [0.05, 0.1) is 17.6 Å². The second-order valence-electron chi connectivity index (χ2n) is 4.03. The van der Waals surface area contributed by atoms with Crippen LogP contribution in [-0.4, -0.2) is 15.0 Å². The summed E-state index contributed by atoms with van der Waals surface area (Å²) in [7, 11) is 0. The Kier molecular flexibility index (Phi) is 3.24. The Labute approximate surface area is 105 Å². The standard InChI is InChI=1S/C12H13ClN4/c1-7(2)10-8(4-3-5-15-10)12-16-6-9(14)11(13)17-12/h3-7H,14H2,1-2H3. The lowest BCUT2D eigenvalue weighted by Gasteiger charge is -2.10. The number of nitrogen functional groups attached to an aromatic ring is 1. The predicted octanol–water partition coefficient (Wildman–Crippen LogP) is 2.90. The summed E-state index contributed by atoms with van der Waals surface area (Å²) in [6.45, 7) is 4.15. The SMILES string of the molecule is CC(C)c1ncccc1-c1ncc(N)c(Cl)n1. The van der Waals surface area contributed by atoms with Crippen LogP contribution in [0.4, 0.5) is 5.69 Å². The molecule has 2 aromatic heterocycles. The largest absolute Gasteiger partial charge is 0.395 e. The highest BCUT2D eigenvalue weighted by Crippen LogP contribution is 2.26. The fourth-order valence-electron chi connectivity index (χ4n) is 1.57. The maximum atomic E-state index is 5.90. The van der Waals surface area contributed by atoms with Crippen LogP contribution in [0.15, 0.2) is 24.5 Å². The van der Waals surface area contributed by atoms with E-state index in [9.17, 15) is 0 Å². The highest BCUT2D eigenvalue weighted by atomic mass is 35.5. The molecule has 4 nitrogen and oxygen atoms in total. The molecule has 0 saturated heterocycles. The van der Waals surface area contributed by atoms with E-state index in [0.717, 1.165) is 11.3 Å². The van der Waals surface area contributed by atoms with Crippen molar-refractivity contribution in [3.05, 3.63) is 35.4 Å². The Morgan fingerprint density at radius 2 is 2.06 bits per heavy atom. The first kappa shape index (κ1) is 11.8. The topological polar surface area (TPSA) is 64.7 Å². The number of halogens is 1. The van der Waals surface area contributed by atoms with Gasteiger partial charge in [0.2, 0.25) is 0 Å². The maximum absolute atomic E-state index is 5.90. The molecule has 2 rings (SSSR count). The number of pyridine rings is 1. The van der Waals surface area contributed by atoms with Gasteiger partial charge >= 0.3 is 0 Å². The van der Waals surface area contributed by atoms with Crippen LogP contribution in [-0.2, 0) is 0 Å². The van der Waals surface area contributed by atoms with Gasteiger partial charge in [-0.15, -0.1) is 0 Å². The van der Waals surface area contributed by atoms with Gasteiger partial charge in [0.1, 0.15) is 0 Å². The van der Waals surface area contributed by atoms with Crippen molar-refractivity contribution < 1.29 is 0 Å². The second-order valence-corrected chi connectivity index (χ2v) is 4.39.